The van der Waals surface area contributed by atoms with Crippen LogP contribution in [0.25, 0.3) is 0 Å². The van der Waals surface area contributed by atoms with Crippen molar-refractivity contribution in [3.05, 3.63) is 0 Å². The lowest BCUT2D eigenvalue weighted by Gasteiger charge is -2.56. The van der Waals surface area contributed by atoms with Crippen molar-refractivity contribution in [2.45, 2.75) is 90.9 Å². The molecule has 0 saturated heterocycles. The van der Waals surface area contributed by atoms with E-state index in [1.807, 2.05) is 0 Å². The van der Waals surface area contributed by atoms with Crippen LogP contribution in [0.4, 0.5) is 0 Å². The summed E-state index contributed by atoms with van der Waals surface area (Å²) in [5.74, 6) is 0.905. The molecule has 0 aliphatic heterocycles. The molecule has 0 spiro atoms. The molecule has 3 saturated carbocycles. The van der Waals surface area contributed by atoms with E-state index >= 15 is 0 Å². The maximum atomic E-state index is 5.54. The number of unbranched alkanes of at least 4 members (excludes halogenated alkanes) is 4. The van der Waals surface area contributed by atoms with Gasteiger partial charge in [-0.05, 0) is 74.7 Å². The molecule has 2 bridgehead atoms. The molecule has 3 fully saturated rings. The molecule has 3 rings (SSSR count). The van der Waals surface area contributed by atoms with E-state index in [9.17, 15) is 0 Å². The number of fused-ring (bicyclic) bond motifs is 3. The Labute approximate surface area is 120 Å². The molecular weight excluding hydrogens is 230 g/mol. The minimum atomic E-state index is 0.739. The molecule has 112 valence electrons. The predicted molar refractivity (Wildman–Crippen MR) is 84.2 cm³/mol. The highest BCUT2D eigenvalue weighted by Gasteiger charge is 2.49. The van der Waals surface area contributed by atoms with Gasteiger partial charge in [-0.1, -0.05) is 39.5 Å². The second-order valence-electron chi connectivity index (χ2n) is 7.82. The lowest BCUT2D eigenvalue weighted by molar-refractivity contribution is -0.0435. The van der Waals surface area contributed by atoms with Crippen molar-refractivity contribution in [2.24, 2.45) is 22.5 Å². The van der Waals surface area contributed by atoms with Gasteiger partial charge in [0.25, 0.3) is 0 Å². The largest absolute Gasteiger partial charge is 0.330 e. The van der Waals surface area contributed by atoms with Crippen molar-refractivity contribution < 1.29 is 0 Å². The van der Waals surface area contributed by atoms with Crippen LogP contribution in [0.2, 0.25) is 0 Å². The lowest BCUT2D eigenvalue weighted by atomic mass is 9.50. The molecule has 0 aromatic carbocycles. The first-order chi connectivity index (χ1) is 9.13. The average Bonchev–Trinajstić information content (AvgIpc) is 2.44. The van der Waals surface area contributed by atoms with E-state index in [0.29, 0.717) is 0 Å². The van der Waals surface area contributed by atoms with E-state index in [1.165, 1.54) is 77.0 Å². The first kappa shape index (κ1) is 15.4. The van der Waals surface area contributed by atoms with Crippen LogP contribution >= 0.6 is 0 Å². The zero-order chi connectivity index (χ0) is 13.8. The molecule has 3 aliphatic rings. The van der Waals surface area contributed by atoms with E-state index in [4.69, 9.17) is 5.73 Å². The Morgan fingerprint density at radius 2 is 1.32 bits per heavy atom. The van der Waals surface area contributed by atoms with Gasteiger partial charge in [0.15, 0.2) is 0 Å². The van der Waals surface area contributed by atoms with E-state index in [2.05, 4.69) is 13.8 Å². The molecular formula is C18H35N. The van der Waals surface area contributed by atoms with Crippen molar-refractivity contribution >= 4 is 0 Å². The van der Waals surface area contributed by atoms with Crippen molar-refractivity contribution in [2.75, 3.05) is 6.54 Å². The Bertz CT molecular complexity index is 244. The number of nitrogens with two attached hydrogens (primary N) is 1. The standard InChI is InChI=1S/C18H35N/c1-16(2)18-12-9-17(10-13-18,11-14-18)8-6-4-3-5-7-15-19/h16H,3-15,19H2,1-2H3. The van der Waals surface area contributed by atoms with Gasteiger partial charge >= 0.3 is 0 Å². The molecule has 19 heavy (non-hydrogen) atoms. The van der Waals surface area contributed by atoms with E-state index < -0.39 is 0 Å². The first-order valence-corrected chi connectivity index (χ1v) is 8.83. The third-order valence-electron chi connectivity index (χ3n) is 6.60. The summed E-state index contributed by atoms with van der Waals surface area (Å²) < 4.78 is 0. The molecule has 1 nitrogen and oxygen atoms in total. The van der Waals surface area contributed by atoms with Gasteiger partial charge in [-0.3, -0.25) is 0 Å². The molecule has 0 atom stereocenters. The van der Waals surface area contributed by atoms with Gasteiger partial charge in [0.1, 0.15) is 0 Å². The van der Waals surface area contributed by atoms with Gasteiger partial charge in [-0.2, -0.15) is 0 Å². The molecule has 0 unspecified atom stereocenters. The number of rotatable bonds is 8. The van der Waals surface area contributed by atoms with Crippen LogP contribution in [0.1, 0.15) is 90.9 Å². The summed E-state index contributed by atoms with van der Waals surface area (Å²) in [6.07, 6.45) is 17.6. The maximum Gasteiger partial charge on any atom is -0.00773 e. The topological polar surface area (TPSA) is 26.0 Å². The average molecular weight is 265 g/mol. The van der Waals surface area contributed by atoms with Gasteiger partial charge in [0, 0.05) is 0 Å². The van der Waals surface area contributed by atoms with Crippen LogP contribution in [0, 0.1) is 16.7 Å². The van der Waals surface area contributed by atoms with Crippen LogP contribution in [0.5, 0.6) is 0 Å². The zero-order valence-electron chi connectivity index (χ0n) is 13.3. The highest BCUT2D eigenvalue weighted by atomic mass is 14.5. The number of hydrogen-bond acceptors (Lipinski definition) is 1. The fourth-order valence-electron chi connectivity index (χ4n) is 4.71. The predicted octanol–water partition coefficient (Wildman–Crippen LogP) is 5.28. The SMILES string of the molecule is CC(C)C12CCC(CCCCCCCN)(CC1)CC2. The molecule has 1 heteroatoms. The highest BCUT2D eigenvalue weighted by Crippen LogP contribution is 2.61. The second-order valence-corrected chi connectivity index (χ2v) is 7.82. The maximum absolute atomic E-state index is 5.54. The van der Waals surface area contributed by atoms with Crippen LogP contribution in [0.15, 0.2) is 0 Å². The van der Waals surface area contributed by atoms with E-state index in [-0.39, 0.29) is 0 Å². The van der Waals surface area contributed by atoms with Gasteiger partial charge < -0.3 is 5.73 Å². The molecule has 0 aromatic heterocycles. The Kier molecular flexibility index (Phi) is 5.34. The van der Waals surface area contributed by atoms with E-state index in [0.717, 1.165) is 23.3 Å². The van der Waals surface area contributed by atoms with Crippen molar-refractivity contribution in [1.82, 2.24) is 0 Å². The van der Waals surface area contributed by atoms with Gasteiger partial charge in [0.2, 0.25) is 0 Å². The Morgan fingerprint density at radius 3 is 1.84 bits per heavy atom. The molecule has 0 radical (unpaired) electrons. The first-order valence-electron chi connectivity index (χ1n) is 8.83. The van der Waals surface area contributed by atoms with Crippen LogP contribution < -0.4 is 5.73 Å². The minimum Gasteiger partial charge on any atom is -0.330 e. The summed E-state index contributed by atoms with van der Waals surface area (Å²) in [5.41, 5.74) is 7.05. The van der Waals surface area contributed by atoms with Crippen LogP contribution in [-0.4, -0.2) is 6.54 Å². The molecule has 0 aromatic rings. The molecule has 2 N–H and O–H groups in total. The van der Waals surface area contributed by atoms with Crippen molar-refractivity contribution in [1.29, 1.82) is 0 Å². The van der Waals surface area contributed by atoms with Crippen molar-refractivity contribution in [3.8, 4) is 0 Å². The quantitative estimate of drug-likeness (QED) is 0.593. The molecule has 3 aliphatic carbocycles. The van der Waals surface area contributed by atoms with Crippen LogP contribution in [-0.2, 0) is 0 Å². The van der Waals surface area contributed by atoms with Gasteiger partial charge in [0.05, 0.1) is 0 Å². The summed E-state index contributed by atoms with van der Waals surface area (Å²) in [7, 11) is 0. The van der Waals surface area contributed by atoms with Gasteiger partial charge in [-0.15, -0.1) is 0 Å². The Morgan fingerprint density at radius 1 is 0.789 bits per heavy atom. The summed E-state index contributed by atoms with van der Waals surface area (Å²) >= 11 is 0. The fraction of sp³-hybridized carbons (Fsp3) is 1.00. The van der Waals surface area contributed by atoms with Crippen LogP contribution in [0.3, 0.4) is 0 Å². The molecule has 0 heterocycles. The fourth-order valence-corrected chi connectivity index (χ4v) is 4.71. The highest BCUT2D eigenvalue weighted by molar-refractivity contribution is 5.00. The third-order valence-corrected chi connectivity index (χ3v) is 6.60. The Hall–Kier alpha value is -0.0400. The second kappa shape index (κ2) is 6.61. The smallest absolute Gasteiger partial charge is 0.00773 e. The minimum absolute atomic E-state index is 0.739. The Balaban J connectivity index is 1.69. The third kappa shape index (κ3) is 3.54. The van der Waals surface area contributed by atoms with E-state index in [1.54, 1.807) is 0 Å². The van der Waals surface area contributed by atoms with Gasteiger partial charge in [-0.25, -0.2) is 0 Å². The summed E-state index contributed by atoms with van der Waals surface area (Å²) in [6.45, 7) is 5.78. The summed E-state index contributed by atoms with van der Waals surface area (Å²) in [5, 5.41) is 0. The summed E-state index contributed by atoms with van der Waals surface area (Å²) in [4.78, 5) is 0. The zero-order valence-corrected chi connectivity index (χ0v) is 13.3. The lowest BCUT2D eigenvalue weighted by Crippen LogP contribution is -2.44. The van der Waals surface area contributed by atoms with Crippen molar-refractivity contribution in [3.63, 3.8) is 0 Å². The normalized spacial score (nSPS) is 34.1. The monoisotopic (exact) mass is 265 g/mol. The summed E-state index contributed by atoms with van der Waals surface area (Å²) in [6, 6.07) is 0. The molecule has 0 amide bonds. The number of hydrogen-bond donors (Lipinski definition) is 1.